The van der Waals surface area contributed by atoms with Gasteiger partial charge in [0.2, 0.25) is 0 Å². The first-order valence-corrected chi connectivity index (χ1v) is 8.97. The second-order valence-corrected chi connectivity index (χ2v) is 6.67. The molecule has 1 rings (SSSR count). The lowest BCUT2D eigenvalue weighted by atomic mass is 9.91. The molecule has 1 unspecified atom stereocenters. The number of rotatable bonds is 11. The van der Waals surface area contributed by atoms with E-state index in [1.54, 1.807) is 0 Å². The van der Waals surface area contributed by atoms with Gasteiger partial charge >= 0.3 is 6.18 Å². The molecular weight excluding hydrogens is 333 g/mol. The molecule has 0 aliphatic carbocycles. The summed E-state index contributed by atoms with van der Waals surface area (Å²) >= 11 is 0. The lowest BCUT2D eigenvalue weighted by Crippen LogP contribution is -2.37. The molecule has 0 saturated heterocycles. The van der Waals surface area contributed by atoms with E-state index in [9.17, 15) is 28.5 Å². The zero-order valence-electron chi connectivity index (χ0n) is 14.7. The zero-order valence-corrected chi connectivity index (χ0v) is 14.7. The van der Waals surface area contributed by atoms with Gasteiger partial charge in [-0.15, -0.1) is 0 Å². The van der Waals surface area contributed by atoms with Gasteiger partial charge in [-0.3, -0.25) is 0 Å². The van der Waals surface area contributed by atoms with Gasteiger partial charge in [0.05, 0.1) is 5.56 Å². The first kappa shape index (κ1) is 21.9. The summed E-state index contributed by atoms with van der Waals surface area (Å²) in [5.74, 6) is -3.48. The Morgan fingerprint density at radius 2 is 1.40 bits per heavy atom. The van der Waals surface area contributed by atoms with Crippen LogP contribution in [0.1, 0.15) is 69.4 Å². The van der Waals surface area contributed by atoms with Gasteiger partial charge in [0.25, 0.3) is 5.97 Å². The maximum atomic E-state index is 12.5. The monoisotopic (exact) mass is 362 g/mol. The molecule has 25 heavy (non-hydrogen) atoms. The Bertz CT molecular complexity index is 478. The first-order valence-electron chi connectivity index (χ1n) is 8.97. The Morgan fingerprint density at radius 1 is 0.840 bits per heavy atom. The predicted octanol–water partition coefficient (Wildman–Crippen LogP) is 4.64. The summed E-state index contributed by atoms with van der Waals surface area (Å²) in [7, 11) is 0. The highest BCUT2D eigenvalue weighted by Gasteiger charge is 2.32. The lowest BCUT2D eigenvalue weighted by molar-refractivity contribution is -0.343. The maximum absolute atomic E-state index is 12.5. The van der Waals surface area contributed by atoms with Crippen molar-refractivity contribution in [3.63, 3.8) is 0 Å². The highest BCUT2D eigenvalue weighted by Crippen LogP contribution is 2.30. The number of hydrogen-bond donors (Lipinski definition) is 3. The van der Waals surface area contributed by atoms with E-state index in [1.165, 1.54) is 18.6 Å². The van der Waals surface area contributed by atoms with E-state index in [1.807, 2.05) is 0 Å². The lowest BCUT2D eigenvalue weighted by Gasteiger charge is -2.26. The predicted molar refractivity (Wildman–Crippen MR) is 90.6 cm³/mol. The topological polar surface area (TPSA) is 60.7 Å². The summed E-state index contributed by atoms with van der Waals surface area (Å²) < 4.78 is 37.6. The second-order valence-electron chi connectivity index (χ2n) is 6.67. The van der Waals surface area contributed by atoms with Crippen LogP contribution in [0.2, 0.25) is 0 Å². The van der Waals surface area contributed by atoms with Gasteiger partial charge in [-0.25, -0.2) is 0 Å². The van der Waals surface area contributed by atoms with Gasteiger partial charge in [0.1, 0.15) is 0 Å². The van der Waals surface area contributed by atoms with Crippen molar-refractivity contribution in [2.24, 2.45) is 5.92 Å². The average Bonchev–Trinajstić information content (AvgIpc) is 2.51. The molecule has 0 bridgehead atoms. The zero-order chi connectivity index (χ0) is 18.9. The van der Waals surface area contributed by atoms with Crippen LogP contribution in [-0.2, 0) is 12.6 Å². The molecule has 1 aromatic carbocycles. The highest BCUT2D eigenvalue weighted by atomic mass is 19.4. The molecule has 3 N–H and O–H groups in total. The van der Waals surface area contributed by atoms with Crippen LogP contribution < -0.4 is 0 Å². The normalized spacial score (nSPS) is 13.9. The molecule has 3 nitrogen and oxygen atoms in total. The summed E-state index contributed by atoms with van der Waals surface area (Å²) in [5, 5.41) is 28.5. The smallest absolute Gasteiger partial charge is 0.343 e. The highest BCUT2D eigenvalue weighted by molar-refractivity contribution is 5.24. The molecule has 1 atom stereocenters. The van der Waals surface area contributed by atoms with E-state index in [-0.39, 0.29) is 0 Å². The van der Waals surface area contributed by atoms with Gasteiger partial charge in [-0.2, -0.15) is 13.2 Å². The van der Waals surface area contributed by atoms with Crippen LogP contribution in [0.25, 0.3) is 0 Å². The molecule has 0 heterocycles. The van der Waals surface area contributed by atoms with E-state index in [0.717, 1.165) is 44.2 Å². The SMILES string of the molecule is CCCCCCCCC(CCc1ccc(C(F)(F)F)cc1)C(O)(O)O. The van der Waals surface area contributed by atoms with Crippen LogP contribution in [0.15, 0.2) is 24.3 Å². The second kappa shape index (κ2) is 10.1. The first-order chi connectivity index (χ1) is 11.6. The van der Waals surface area contributed by atoms with Crippen LogP contribution in [0, 0.1) is 5.92 Å². The molecule has 144 valence electrons. The summed E-state index contributed by atoms with van der Waals surface area (Å²) in [6, 6.07) is 4.81. The third kappa shape index (κ3) is 8.70. The molecule has 0 amide bonds. The van der Waals surface area contributed by atoms with Gasteiger partial charge in [-0.1, -0.05) is 57.6 Å². The van der Waals surface area contributed by atoms with Crippen molar-refractivity contribution >= 4 is 0 Å². The van der Waals surface area contributed by atoms with Crippen LogP contribution in [0.3, 0.4) is 0 Å². The molecule has 1 aromatic rings. The van der Waals surface area contributed by atoms with Crippen LogP contribution in [-0.4, -0.2) is 21.3 Å². The third-order valence-electron chi connectivity index (χ3n) is 4.52. The Hall–Kier alpha value is -1.11. The number of unbranched alkanes of at least 4 members (excludes halogenated alkanes) is 5. The fourth-order valence-electron chi connectivity index (χ4n) is 2.90. The number of hydrogen-bond acceptors (Lipinski definition) is 3. The van der Waals surface area contributed by atoms with Crippen LogP contribution in [0.4, 0.5) is 13.2 Å². The minimum Gasteiger partial charge on any atom is -0.343 e. The minimum atomic E-state index is -4.37. The Labute approximate surface area is 147 Å². The number of aryl methyl sites for hydroxylation is 1. The molecule has 6 heteroatoms. The molecule has 0 spiro atoms. The molecule has 0 fully saturated rings. The Balaban J connectivity index is 2.48. The van der Waals surface area contributed by atoms with Crippen molar-refractivity contribution in [2.75, 3.05) is 0 Å². The van der Waals surface area contributed by atoms with Crippen molar-refractivity contribution in [1.29, 1.82) is 0 Å². The van der Waals surface area contributed by atoms with E-state index in [2.05, 4.69) is 6.92 Å². The Morgan fingerprint density at radius 3 is 1.92 bits per heavy atom. The summed E-state index contributed by atoms with van der Waals surface area (Å²) in [5.41, 5.74) is -0.0362. The van der Waals surface area contributed by atoms with Gasteiger partial charge in [0.15, 0.2) is 0 Å². The van der Waals surface area contributed by atoms with Crippen LogP contribution >= 0.6 is 0 Å². The molecular formula is C19H29F3O3. The molecule has 0 aliphatic heterocycles. The van der Waals surface area contributed by atoms with Crippen molar-refractivity contribution in [2.45, 2.75) is 76.9 Å². The molecule has 0 radical (unpaired) electrons. The Kier molecular flexibility index (Phi) is 8.89. The summed E-state index contributed by atoms with van der Waals surface area (Å²) in [6.45, 7) is 2.13. The van der Waals surface area contributed by atoms with Gasteiger partial charge < -0.3 is 15.3 Å². The molecule has 0 saturated carbocycles. The third-order valence-corrected chi connectivity index (χ3v) is 4.52. The quantitative estimate of drug-likeness (QED) is 0.397. The maximum Gasteiger partial charge on any atom is 0.416 e. The number of halogens is 3. The summed E-state index contributed by atoms with van der Waals surface area (Å²) in [6.07, 6.45) is 3.09. The average molecular weight is 362 g/mol. The largest absolute Gasteiger partial charge is 0.416 e. The fourth-order valence-corrected chi connectivity index (χ4v) is 2.90. The van der Waals surface area contributed by atoms with Gasteiger partial charge in [0, 0.05) is 5.92 Å². The van der Waals surface area contributed by atoms with Gasteiger partial charge in [-0.05, 0) is 37.0 Å². The fraction of sp³-hybridized carbons (Fsp3) is 0.684. The minimum absolute atomic E-state index is 0.295. The molecule has 0 aliphatic rings. The van der Waals surface area contributed by atoms with E-state index in [4.69, 9.17) is 0 Å². The number of benzene rings is 1. The number of aliphatic hydroxyl groups is 3. The van der Waals surface area contributed by atoms with Crippen molar-refractivity contribution in [3.8, 4) is 0 Å². The van der Waals surface area contributed by atoms with E-state index >= 15 is 0 Å². The molecule has 0 aromatic heterocycles. The van der Waals surface area contributed by atoms with E-state index < -0.39 is 23.6 Å². The number of alkyl halides is 3. The summed E-state index contributed by atoms with van der Waals surface area (Å²) in [4.78, 5) is 0. The van der Waals surface area contributed by atoms with Crippen LogP contribution in [0.5, 0.6) is 0 Å². The standard InChI is InChI=1S/C19H29F3O3/c1-2-3-4-5-6-7-8-17(19(23,24)25)14-11-15-9-12-16(13-10-15)18(20,21)22/h9-10,12-13,17,23-25H,2-8,11,14H2,1H3. The van der Waals surface area contributed by atoms with Crippen molar-refractivity contribution in [3.05, 3.63) is 35.4 Å². The van der Waals surface area contributed by atoms with Crippen molar-refractivity contribution in [1.82, 2.24) is 0 Å². The van der Waals surface area contributed by atoms with E-state index in [0.29, 0.717) is 24.8 Å². The van der Waals surface area contributed by atoms with Crippen molar-refractivity contribution < 1.29 is 28.5 Å².